The van der Waals surface area contributed by atoms with E-state index in [1.165, 1.54) is 6.07 Å². The van der Waals surface area contributed by atoms with Gasteiger partial charge in [0.2, 0.25) is 10.0 Å². The Balaban J connectivity index is 3.14. The van der Waals surface area contributed by atoms with E-state index in [1.807, 2.05) is 13.8 Å². The van der Waals surface area contributed by atoms with Crippen molar-refractivity contribution in [3.05, 3.63) is 29.0 Å². The lowest BCUT2D eigenvalue weighted by Gasteiger charge is -2.30. The van der Waals surface area contributed by atoms with Gasteiger partial charge >= 0.3 is 0 Å². The molecule has 7 heteroatoms. The lowest BCUT2D eigenvalue weighted by Crippen LogP contribution is -2.52. The van der Waals surface area contributed by atoms with E-state index < -0.39 is 21.4 Å². The van der Waals surface area contributed by atoms with Crippen LogP contribution in [0.4, 0.5) is 4.39 Å². The summed E-state index contributed by atoms with van der Waals surface area (Å²) in [5.74, 6) is -0.401. The third kappa shape index (κ3) is 4.41. The van der Waals surface area contributed by atoms with E-state index in [-0.39, 0.29) is 22.4 Å². The van der Waals surface area contributed by atoms with E-state index in [1.54, 1.807) is 6.92 Å². The van der Waals surface area contributed by atoms with Crippen LogP contribution < -0.4 is 10.5 Å². The molecule has 4 nitrogen and oxygen atoms in total. The highest BCUT2D eigenvalue weighted by Crippen LogP contribution is 2.25. The summed E-state index contributed by atoms with van der Waals surface area (Å²) in [5, 5.41) is -0.0252. The predicted octanol–water partition coefficient (Wildman–Crippen LogP) is 2.52. The van der Waals surface area contributed by atoms with Gasteiger partial charge in [-0.25, -0.2) is 17.5 Å². The maximum absolute atomic E-state index is 13.2. The van der Waals surface area contributed by atoms with E-state index in [2.05, 4.69) is 4.72 Å². The number of nitrogens with two attached hydrogens (primary N) is 1. The summed E-state index contributed by atoms with van der Waals surface area (Å²) in [4.78, 5) is -0.275. The minimum atomic E-state index is -3.93. The van der Waals surface area contributed by atoms with Crippen molar-refractivity contribution in [2.24, 2.45) is 11.7 Å². The first-order chi connectivity index (χ1) is 9.09. The molecule has 1 rings (SSSR count). The van der Waals surface area contributed by atoms with Crippen LogP contribution >= 0.6 is 11.6 Å². The molecule has 0 bridgehead atoms. The van der Waals surface area contributed by atoms with Crippen LogP contribution in [0, 0.1) is 11.7 Å². The van der Waals surface area contributed by atoms with Gasteiger partial charge in [0.15, 0.2) is 0 Å². The molecule has 1 unspecified atom stereocenters. The van der Waals surface area contributed by atoms with Crippen molar-refractivity contribution in [2.75, 3.05) is 6.54 Å². The Hall–Kier alpha value is -0.690. The van der Waals surface area contributed by atoms with Gasteiger partial charge in [0.05, 0.1) is 5.02 Å². The standard InChI is InChI=1S/C13H20ClFN2O2S/c1-9(2)7-13(3,8-16)17-20(18,19)12-6-10(15)4-5-11(12)14/h4-6,9,17H,7-8,16H2,1-3H3. The Labute approximate surface area is 124 Å². The van der Waals surface area contributed by atoms with Crippen LogP contribution in [0.1, 0.15) is 27.2 Å². The molecule has 114 valence electrons. The van der Waals surface area contributed by atoms with E-state index >= 15 is 0 Å². The molecular weight excluding hydrogens is 303 g/mol. The maximum Gasteiger partial charge on any atom is 0.242 e. The largest absolute Gasteiger partial charge is 0.329 e. The summed E-state index contributed by atoms with van der Waals surface area (Å²) in [6.07, 6.45) is 0.565. The third-order valence-corrected chi connectivity index (χ3v) is 4.99. The maximum atomic E-state index is 13.2. The summed E-state index contributed by atoms with van der Waals surface area (Å²) in [7, 11) is -3.93. The smallest absolute Gasteiger partial charge is 0.242 e. The molecule has 0 aliphatic carbocycles. The molecule has 1 aromatic carbocycles. The van der Waals surface area contributed by atoms with Crippen LogP contribution in [-0.4, -0.2) is 20.5 Å². The first-order valence-electron chi connectivity index (χ1n) is 6.29. The molecule has 0 saturated heterocycles. The fraction of sp³-hybridized carbons (Fsp3) is 0.538. The first-order valence-corrected chi connectivity index (χ1v) is 8.15. The molecule has 0 radical (unpaired) electrons. The van der Waals surface area contributed by atoms with Crippen molar-refractivity contribution < 1.29 is 12.8 Å². The Morgan fingerprint density at radius 1 is 1.45 bits per heavy atom. The van der Waals surface area contributed by atoms with Crippen LogP contribution in [0.5, 0.6) is 0 Å². The van der Waals surface area contributed by atoms with Gasteiger partial charge in [-0.3, -0.25) is 0 Å². The third-order valence-electron chi connectivity index (χ3n) is 2.87. The van der Waals surface area contributed by atoms with Crippen LogP contribution in [-0.2, 0) is 10.0 Å². The number of rotatable bonds is 6. The van der Waals surface area contributed by atoms with Crippen LogP contribution in [0.2, 0.25) is 5.02 Å². The van der Waals surface area contributed by atoms with Crippen molar-refractivity contribution in [3.63, 3.8) is 0 Å². The van der Waals surface area contributed by atoms with Crippen molar-refractivity contribution in [2.45, 2.75) is 37.6 Å². The Bertz CT molecular complexity index is 578. The SMILES string of the molecule is CC(C)CC(C)(CN)NS(=O)(=O)c1cc(F)ccc1Cl. The molecule has 0 aromatic heterocycles. The minimum absolute atomic E-state index is 0.0252. The topological polar surface area (TPSA) is 72.2 Å². The molecule has 0 heterocycles. The van der Waals surface area contributed by atoms with E-state index in [4.69, 9.17) is 17.3 Å². The normalized spacial score (nSPS) is 15.3. The number of nitrogens with one attached hydrogen (secondary N) is 1. The fourth-order valence-corrected chi connectivity index (χ4v) is 4.07. The lowest BCUT2D eigenvalue weighted by molar-refractivity contribution is 0.344. The summed E-state index contributed by atoms with van der Waals surface area (Å²) in [6, 6.07) is 3.22. The van der Waals surface area contributed by atoms with Gasteiger partial charge in [-0.05, 0) is 37.5 Å². The molecule has 0 saturated carbocycles. The van der Waals surface area contributed by atoms with Gasteiger partial charge in [0, 0.05) is 12.1 Å². The molecule has 20 heavy (non-hydrogen) atoms. The molecular formula is C13H20ClFN2O2S. The van der Waals surface area contributed by atoms with E-state index in [9.17, 15) is 12.8 Å². The van der Waals surface area contributed by atoms with Crippen LogP contribution in [0.25, 0.3) is 0 Å². The monoisotopic (exact) mass is 322 g/mol. The second kappa shape index (κ2) is 6.39. The lowest BCUT2D eigenvalue weighted by atomic mass is 9.92. The highest BCUT2D eigenvalue weighted by Gasteiger charge is 2.31. The number of hydrogen-bond acceptors (Lipinski definition) is 3. The van der Waals surface area contributed by atoms with Crippen molar-refractivity contribution in [1.29, 1.82) is 0 Å². The molecule has 0 aliphatic heterocycles. The van der Waals surface area contributed by atoms with Gasteiger partial charge in [-0.1, -0.05) is 25.4 Å². The number of halogens is 2. The molecule has 0 amide bonds. The van der Waals surface area contributed by atoms with E-state index in [0.717, 1.165) is 12.1 Å². The summed E-state index contributed by atoms with van der Waals surface area (Å²) >= 11 is 5.84. The molecule has 0 spiro atoms. The second-order valence-electron chi connectivity index (χ2n) is 5.54. The number of hydrogen-bond donors (Lipinski definition) is 2. The van der Waals surface area contributed by atoms with Crippen molar-refractivity contribution in [3.8, 4) is 0 Å². The number of sulfonamides is 1. The van der Waals surface area contributed by atoms with Crippen LogP contribution in [0.15, 0.2) is 23.1 Å². The second-order valence-corrected chi connectivity index (χ2v) is 7.60. The molecule has 1 aromatic rings. The fourth-order valence-electron chi connectivity index (χ4n) is 2.13. The zero-order valence-electron chi connectivity index (χ0n) is 11.8. The molecule has 0 fully saturated rings. The summed E-state index contributed by atoms with van der Waals surface area (Å²) in [6.45, 7) is 5.80. The van der Waals surface area contributed by atoms with Gasteiger partial charge < -0.3 is 5.73 Å². The molecule has 0 aliphatic rings. The Morgan fingerprint density at radius 2 is 2.05 bits per heavy atom. The van der Waals surface area contributed by atoms with Gasteiger partial charge in [-0.15, -0.1) is 0 Å². The minimum Gasteiger partial charge on any atom is -0.329 e. The number of benzene rings is 1. The molecule has 1 atom stereocenters. The summed E-state index contributed by atoms with van der Waals surface area (Å²) in [5.41, 5.74) is 4.87. The van der Waals surface area contributed by atoms with Gasteiger partial charge in [0.1, 0.15) is 10.7 Å². The summed E-state index contributed by atoms with van der Waals surface area (Å²) < 4.78 is 40.4. The highest BCUT2D eigenvalue weighted by atomic mass is 35.5. The molecule has 3 N–H and O–H groups in total. The Kier molecular flexibility index (Phi) is 5.54. The zero-order chi connectivity index (χ0) is 15.6. The van der Waals surface area contributed by atoms with Crippen molar-refractivity contribution >= 4 is 21.6 Å². The van der Waals surface area contributed by atoms with Crippen molar-refractivity contribution in [1.82, 2.24) is 4.72 Å². The average molecular weight is 323 g/mol. The highest BCUT2D eigenvalue weighted by molar-refractivity contribution is 7.89. The Morgan fingerprint density at radius 3 is 2.55 bits per heavy atom. The average Bonchev–Trinajstić information content (AvgIpc) is 2.30. The van der Waals surface area contributed by atoms with E-state index in [0.29, 0.717) is 6.42 Å². The quantitative estimate of drug-likeness (QED) is 0.845. The van der Waals surface area contributed by atoms with Gasteiger partial charge in [-0.2, -0.15) is 0 Å². The van der Waals surface area contributed by atoms with Crippen LogP contribution in [0.3, 0.4) is 0 Å². The zero-order valence-corrected chi connectivity index (χ0v) is 13.4. The predicted molar refractivity (Wildman–Crippen MR) is 78.6 cm³/mol. The first kappa shape index (κ1) is 17.4. The van der Waals surface area contributed by atoms with Gasteiger partial charge in [0.25, 0.3) is 0 Å².